The summed E-state index contributed by atoms with van der Waals surface area (Å²) in [5, 5.41) is 2.21. The molecule has 170 valence electrons. The molecule has 1 heterocycles. The van der Waals surface area contributed by atoms with Crippen LogP contribution in [0.3, 0.4) is 0 Å². The quantitative estimate of drug-likeness (QED) is 0.735. The van der Waals surface area contributed by atoms with Crippen LogP contribution in [0.4, 0.5) is 24.5 Å². The van der Waals surface area contributed by atoms with Crippen LogP contribution in [0.2, 0.25) is 0 Å². The highest BCUT2D eigenvalue weighted by molar-refractivity contribution is 6.01. The van der Waals surface area contributed by atoms with E-state index in [1.54, 1.807) is 24.3 Å². The third-order valence-electron chi connectivity index (χ3n) is 5.10. The zero-order valence-corrected chi connectivity index (χ0v) is 17.5. The van der Waals surface area contributed by atoms with E-state index < -0.39 is 36.0 Å². The fraction of sp³-hybridized carbons (Fsp3) is 0.318. The summed E-state index contributed by atoms with van der Waals surface area (Å²) in [5.41, 5.74) is -0.766. The normalized spacial score (nSPS) is 16.1. The predicted molar refractivity (Wildman–Crippen MR) is 111 cm³/mol. The van der Waals surface area contributed by atoms with E-state index in [-0.39, 0.29) is 24.6 Å². The van der Waals surface area contributed by atoms with Crippen molar-refractivity contribution in [1.29, 1.82) is 0 Å². The van der Waals surface area contributed by atoms with Crippen LogP contribution in [-0.2, 0) is 20.6 Å². The Bertz CT molecular complexity index is 1030. The van der Waals surface area contributed by atoms with Crippen molar-refractivity contribution in [2.24, 2.45) is 5.92 Å². The molecule has 1 aliphatic heterocycles. The Balaban J connectivity index is 1.63. The van der Waals surface area contributed by atoms with Crippen LogP contribution >= 0.6 is 0 Å². The summed E-state index contributed by atoms with van der Waals surface area (Å²) in [5.74, 6) is -1.56. The smallest absolute Gasteiger partial charge is 0.418 e. The van der Waals surface area contributed by atoms with Crippen LogP contribution in [0, 0.1) is 5.92 Å². The van der Waals surface area contributed by atoms with E-state index in [1.165, 1.54) is 31.2 Å². The Labute approximate surface area is 182 Å². The van der Waals surface area contributed by atoms with Crippen LogP contribution in [-0.4, -0.2) is 49.9 Å². The van der Waals surface area contributed by atoms with Gasteiger partial charge in [0.1, 0.15) is 5.75 Å². The molecule has 1 N–H and O–H groups in total. The van der Waals surface area contributed by atoms with Gasteiger partial charge in [0.2, 0.25) is 17.7 Å². The molecule has 1 fully saturated rings. The Morgan fingerprint density at radius 1 is 1.19 bits per heavy atom. The summed E-state index contributed by atoms with van der Waals surface area (Å²) in [6, 6.07) is 11.5. The number of para-hydroxylation sites is 1. The zero-order valence-electron chi connectivity index (χ0n) is 17.5. The molecule has 2 aromatic carbocycles. The summed E-state index contributed by atoms with van der Waals surface area (Å²) in [4.78, 5) is 40.1. The number of carbonyl (C=O) groups is 3. The minimum atomic E-state index is -4.63. The fourth-order valence-corrected chi connectivity index (χ4v) is 3.53. The summed E-state index contributed by atoms with van der Waals surface area (Å²) in [6.07, 6.45) is -4.65. The van der Waals surface area contributed by atoms with Crippen molar-refractivity contribution in [2.45, 2.75) is 12.6 Å². The number of halogens is 3. The second-order valence-corrected chi connectivity index (χ2v) is 7.39. The Kier molecular flexibility index (Phi) is 6.71. The maximum Gasteiger partial charge on any atom is 0.418 e. The molecule has 0 saturated carbocycles. The monoisotopic (exact) mass is 449 g/mol. The van der Waals surface area contributed by atoms with Gasteiger partial charge in [-0.15, -0.1) is 0 Å². The minimum Gasteiger partial charge on any atom is -0.497 e. The van der Waals surface area contributed by atoms with Crippen molar-refractivity contribution in [3.05, 3.63) is 54.1 Å². The van der Waals surface area contributed by atoms with Crippen LogP contribution < -0.4 is 15.0 Å². The molecular weight excluding hydrogens is 427 g/mol. The number of methoxy groups -OCH3 is 1. The Hall–Kier alpha value is -3.56. The second kappa shape index (κ2) is 9.29. The number of likely N-dealkylation sites (N-methyl/N-ethyl adjacent to an activating group) is 1. The first-order valence-electron chi connectivity index (χ1n) is 9.75. The third kappa shape index (κ3) is 5.19. The van der Waals surface area contributed by atoms with Crippen molar-refractivity contribution in [2.75, 3.05) is 37.5 Å². The predicted octanol–water partition coefficient (Wildman–Crippen LogP) is 3.16. The number of ether oxygens (including phenoxy) is 1. The van der Waals surface area contributed by atoms with Crippen LogP contribution in [0.1, 0.15) is 12.0 Å². The van der Waals surface area contributed by atoms with Crippen LogP contribution in [0.5, 0.6) is 5.75 Å². The van der Waals surface area contributed by atoms with Gasteiger partial charge in [-0.05, 0) is 24.3 Å². The maximum atomic E-state index is 13.1. The summed E-state index contributed by atoms with van der Waals surface area (Å²) < 4.78 is 44.4. The number of rotatable bonds is 6. The Morgan fingerprint density at radius 2 is 1.91 bits per heavy atom. The highest BCUT2D eigenvalue weighted by atomic mass is 19.4. The molecule has 0 unspecified atom stereocenters. The molecule has 10 heteroatoms. The molecule has 1 saturated heterocycles. The maximum absolute atomic E-state index is 13.1. The standard InChI is InChI=1S/C22H22F3N3O4/c1-27(13-19(29)26-18-9-4-3-8-17(18)22(23,24)25)21(31)14-10-20(30)28(12-14)15-6-5-7-16(11-15)32-2/h3-9,11,14H,10,12-13H2,1-2H3,(H,26,29)/t14-/m1/s1. The number of alkyl halides is 3. The molecule has 2 aromatic rings. The van der Waals surface area contributed by atoms with E-state index in [1.807, 2.05) is 0 Å². The number of hydrogen-bond donors (Lipinski definition) is 1. The van der Waals surface area contributed by atoms with Crippen molar-refractivity contribution in [1.82, 2.24) is 4.90 Å². The number of nitrogens with zero attached hydrogens (tertiary/aromatic N) is 2. The van der Waals surface area contributed by atoms with Crippen LogP contribution in [0.25, 0.3) is 0 Å². The number of anilines is 2. The van der Waals surface area contributed by atoms with Gasteiger partial charge >= 0.3 is 6.18 Å². The van der Waals surface area contributed by atoms with Gasteiger partial charge < -0.3 is 19.9 Å². The van der Waals surface area contributed by atoms with Gasteiger partial charge in [0.05, 0.1) is 30.8 Å². The molecule has 7 nitrogen and oxygen atoms in total. The molecule has 0 aromatic heterocycles. The van der Waals surface area contributed by atoms with Gasteiger partial charge in [0, 0.05) is 31.8 Å². The van der Waals surface area contributed by atoms with Crippen molar-refractivity contribution < 1.29 is 32.3 Å². The minimum absolute atomic E-state index is 0.0289. The van der Waals surface area contributed by atoms with Gasteiger partial charge in [-0.25, -0.2) is 0 Å². The average molecular weight is 449 g/mol. The lowest BCUT2D eigenvalue weighted by atomic mass is 10.1. The lowest BCUT2D eigenvalue weighted by molar-refractivity contribution is -0.138. The van der Waals surface area contributed by atoms with Gasteiger partial charge in [-0.1, -0.05) is 18.2 Å². The number of carbonyl (C=O) groups excluding carboxylic acids is 3. The number of hydrogen-bond acceptors (Lipinski definition) is 4. The van der Waals surface area contributed by atoms with E-state index >= 15 is 0 Å². The second-order valence-electron chi connectivity index (χ2n) is 7.39. The molecule has 3 rings (SSSR count). The SMILES string of the molecule is COc1cccc(N2C[C@H](C(=O)N(C)CC(=O)Nc3ccccc3C(F)(F)F)CC2=O)c1. The molecule has 1 aliphatic rings. The topological polar surface area (TPSA) is 79.0 Å². The molecule has 32 heavy (non-hydrogen) atoms. The first-order chi connectivity index (χ1) is 15.1. The largest absolute Gasteiger partial charge is 0.497 e. The molecule has 0 bridgehead atoms. The third-order valence-corrected chi connectivity index (χ3v) is 5.10. The number of amides is 3. The molecule has 3 amide bonds. The molecule has 0 aliphatic carbocycles. The molecule has 0 radical (unpaired) electrons. The van der Waals surface area contributed by atoms with E-state index in [2.05, 4.69) is 5.32 Å². The summed E-state index contributed by atoms with van der Waals surface area (Å²) in [7, 11) is 2.88. The van der Waals surface area contributed by atoms with E-state index in [4.69, 9.17) is 4.74 Å². The van der Waals surface area contributed by atoms with Crippen molar-refractivity contribution in [3.8, 4) is 5.75 Å². The van der Waals surface area contributed by atoms with Crippen molar-refractivity contribution in [3.63, 3.8) is 0 Å². The lowest BCUT2D eigenvalue weighted by Gasteiger charge is -2.22. The highest BCUT2D eigenvalue weighted by Gasteiger charge is 2.37. The van der Waals surface area contributed by atoms with Gasteiger partial charge in [-0.3, -0.25) is 14.4 Å². The fourth-order valence-electron chi connectivity index (χ4n) is 3.53. The first-order valence-corrected chi connectivity index (χ1v) is 9.75. The van der Waals surface area contributed by atoms with E-state index in [0.29, 0.717) is 11.4 Å². The molecule has 1 atom stereocenters. The Morgan fingerprint density at radius 3 is 2.59 bits per heavy atom. The number of nitrogens with one attached hydrogen (secondary N) is 1. The highest BCUT2D eigenvalue weighted by Crippen LogP contribution is 2.34. The molecule has 0 spiro atoms. The van der Waals surface area contributed by atoms with E-state index in [9.17, 15) is 27.6 Å². The zero-order chi connectivity index (χ0) is 23.5. The first kappa shape index (κ1) is 23.1. The average Bonchev–Trinajstić information content (AvgIpc) is 3.14. The van der Waals surface area contributed by atoms with Gasteiger partial charge in [-0.2, -0.15) is 13.2 Å². The van der Waals surface area contributed by atoms with Gasteiger partial charge in [0.15, 0.2) is 0 Å². The van der Waals surface area contributed by atoms with Crippen molar-refractivity contribution >= 4 is 29.1 Å². The lowest BCUT2D eigenvalue weighted by Crippen LogP contribution is -2.39. The summed E-state index contributed by atoms with van der Waals surface area (Å²) in [6.45, 7) is -0.317. The van der Waals surface area contributed by atoms with Gasteiger partial charge in [0.25, 0.3) is 0 Å². The number of benzene rings is 2. The van der Waals surface area contributed by atoms with E-state index in [0.717, 1.165) is 17.0 Å². The van der Waals surface area contributed by atoms with Crippen LogP contribution in [0.15, 0.2) is 48.5 Å². The summed E-state index contributed by atoms with van der Waals surface area (Å²) >= 11 is 0. The molecular formula is C22H22F3N3O4.